The standard InChI is InChI=1S/C20H21N5OS/c1-2-25-19(18-16-10-6-7-14(16)11-12-21-18)23-24-20(25)27-13-17(26)22-15-8-4-3-5-9-15/h3-5,8-9,11-12H,2,6-7,10,13H2,1H3,(H,22,26). The molecule has 1 N–H and O–H groups in total. The van der Waals surface area contributed by atoms with Crippen LogP contribution in [0.3, 0.4) is 0 Å². The zero-order chi connectivity index (χ0) is 18.6. The van der Waals surface area contributed by atoms with Gasteiger partial charge in [-0.05, 0) is 55.5 Å². The van der Waals surface area contributed by atoms with Gasteiger partial charge in [0.05, 0.1) is 5.75 Å². The molecule has 2 aromatic heterocycles. The average Bonchev–Trinajstić information content (AvgIpc) is 3.33. The molecule has 0 fully saturated rings. The summed E-state index contributed by atoms with van der Waals surface area (Å²) in [6, 6.07) is 11.6. The summed E-state index contributed by atoms with van der Waals surface area (Å²) in [6.45, 7) is 2.79. The third-order valence-corrected chi connectivity index (χ3v) is 5.63. The number of thioether (sulfide) groups is 1. The van der Waals surface area contributed by atoms with Gasteiger partial charge in [-0.25, -0.2) is 0 Å². The summed E-state index contributed by atoms with van der Waals surface area (Å²) >= 11 is 1.40. The Morgan fingerprint density at radius 2 is 2.04 bits per heavy atom. The maximum Gasteiger partial charge on any atom is 0.234 e. The van der Waals surface area contributed by atoms with E-state index < -0.39 is 0 Å². The molecule has 1 aromatic carbocycles. The molecule has 27 heavy (non-hydrogen) atoms. The fourth-order valence-corrected chi connectivity index (χ4v) is 4.20. The van der Waals surface area contributed by atoms with Crippen LogP contribution in [0.2, 0.25) is 0 Å². The van der Waals surface area contributed by atoms with Crippen molar-refractivity contribution in [3.8, 4) is 11.5 Å². The van der Waals surface area contributed by atoms with Crippen LogP contribution in [0.15, 0.2) is 47.8 Å². The molecule has 0 aliphatic heterocycles. The molecule has 0 saturated heterocycles. The van der Waals surface area contributed by atoms with Crippen LogP contribution >= 0.6 is 11.8 Å². The van der Waals surface area contributed by atoms with Gasteiger partial charge in [0, 0.05) is 18.4 Å². The fraction of sp³-hybridized carbons (Fsp3) is 0.300. The molecule has 0 bridgehead atoms. The maximum atomic E-state index is 12.2. The number of hydrogen-bond donors (Lipinski definition) is 1. The lowest BCUT2D eigenvalue weighted by Gasteiger charge is -2.10. The monoisotopic (exact) mass is 379 g/mol. The van der Waals surface area contributed by atoms with E-state index in [2.05, 4.69) is 33.5 Å². The number of hydrogen-bond acceptors (Lipinski definition) is 5. The zero-order valence-corrected chi connectivity index (χ0v) is 16.0. The van der Waals surface area contributed by atoms with E-state index in [0.717, 1.165) is 48.2 Å². The van der Waals surface area contributed by atoms with Crippen molar-refractivity contribution >= 4 is 23.4 Å². The molecular weight excluding hydrogens is 358 g/mol. The van der Waals surface area contributed by atoms with E-state index in [-0.39, 0.29) is 11.7 Å². The molecule has 0 radical (unpaired) electrons. The summed E-state index contributed by atoms with van der Waals surface area (Å²) in [4.78, 5) is 16.8. The van der Waals surface area contributed by atoms with Gasteiger partial charge in [0.1, 0.15) is 5.69 Å². The predicted octanol–water partition coefficient (Wildman–Crippen LogP) is 3.58. The highest BCUT2D eigenvalue weighted by Crippen LogP contribution is 2.31. The highest BCUT2D eigenvalue weighted by Gasteiger charge is 2.22. The lowest BCUT2D eigenvalue weighted by atomic mass is 10.1. The third kappa shape index (κ3) is 3.73. The number of rotatable bonds is 6. The molecule has 0 atom stereocenters. The largest absolute Gasteiger partial charge is 0.325 e. The number of amides is 1. The van der Waals surface area contributed by atoms with E-state index in [4.69, 9.17) is 0 Å². The molecule has 1 aliphatic rings. The number of nitrogens with one attached hydrogen (secondary N) is 1. The van der Waals surface area contributed by atoms with E-state index in [1.165, 1.54) is 22.9 Å². The van der Waals surface area contributed by atoms with Crippen LogP contribution in [0.25, 0.3) is 11.5 Å². The van der Waals surface area contributed by atoms with Crippen LogP contribution in [0, 0.1) is 0 Å². The lowest BCUT2D eigenvalue weighted by molar-refractivity contribution is -0.113. The minimum atomic E-state index is -0.0582. The summed E-state index contributed by atoms with van der Waals surface area (Å²) in [7, 11) is 0. The molecule has 2 heterocycles. The van der Waals surface area contributed by atoms with Gasteiger partial charge in [0.2, 0.25) is 5.91 Å². The molecule has 7 heteroatoms. The summed E-state index contributed by atoms with van der Waals surface area (Å²) in [5.41, 5.74) is 4.38. The third-order valence-electron chi connectivity index (χ3n) is 4.66. The molecule has 138 valence electrons. The second kappa shape index (κ2) is 7.92. The fourth-order valence-electron chi connectivity index (χ4n) is 3.40. The first-order valence-corrected chi connectivity index (χ1v) is 10.1. The molecule has 0 unspecified atom stereocenters. The van der Waals surface area contributed by atoms with Gasteiger partial charge in [-0.15, -0.1) is 10.2 Å². The molecule has 1 amide bonds. The van der Waals surface area contributed by atoms with Gasteiger partial charge >= 0.3 is 0 Å². The first-order valence-electron chi connectivity index (χ1n) is 9.14. The Balaban J connectivity index is 1.50. The minimum absolute atomic E-state index is 0.0582. The van der Waals surface area contributed by atoms with Crippen molar-refractivity contribution in [2.45, 2.75) is 37.9 Å². The number of aromatic nitrogens is 4. The minimum Gasteiger partial charge on any atom is -0.325 e. The first-order chi connectivity index (χ1) is 13.3. The van der Waals surface area contributed by atoms with Gasteiger partial charge in [-0.2, -0.15) is 0 Å². The van der Waals surface area contributed by atoms with E-state index in [0.29, 0.717) is 0 Å². The Kier molecular flexibility index (Phi) is 5.20. The molecule has 1 aliphatic carbocycles. The van der Waals surface area contributed by atoms with Crippen LogP contribution in [0.5, 0.6) is 0 Å². The average molecular weight is 379 g/mol. The molecular formula is C20H21N5OS. The second-order valence-corrected chi connectivity index (χ2v) is 7.35. The number of carbonyl (C=O) groups is 1. The number of benzene rings is 1. The van der Waals surface area contributed by atoms with Crippen molar-refractivity contribution in [3.63, 3.8) is 0 Å². The van der Waals surface area contributed by atoms with E-state index in [9.17, 15) is 4.79 Å². The Hall–Kier alpha value is -2.67. The number of anilines is 1. The van der Waals surface area contributed by atoms with Crippen LogP contribution in [0.1, 0.15) is 24.5 Å². The predicted molar refractivity (Wildman–Crippen MR) is 107 cm³/mol. The van der Waals surface area contributed by atoms with Gasteiger partial charge < -0.3 is 9.88 Å². The summed E-state index contributed by atoms with van der Waals surface area (Å²) in [6.07, 6.45) is 5.16. The quantitative estimate of drug-likeness (QED) is 0.663. The van der Waals surface area contributed by atoms with E-state index >= 15 is 0 Å². The Bertz CT molecular complexity index is 954. The Morgan fingerprint density at radius 3 is 2.85 bits per heavy atom. The summed E-state index contributed by atoms with van der Waals surface area (Å²) in [5.74, 6) is 1.02. The number of para-hydroxylation sites is 1. The second-order valence-electron chi connectivity index (χ2n) is 6.40. The highest BCUT2D eigenvalue weighted by molar-refractivity contribution is 7.99. The van der Waals surface area contributed by atoms with Crippen molar-refractivity contribution in [2.24, 2.45) is 0 Å². The number of aryl methyl sites for hydroxylation is 1. The molecule has 3 aromatic rings. The highest BCUT2D eigenvalue weighted by atomic mass is 32.2. The van der Waals surface area contributed by atoms with Gasteiger partial charge in [0.25, 0.3) is 0 Å². The van der Waals surface area contributed by atoms with Crippen LogP contribution < -0.4 is 5.32 Å². The lowest BCUT2D eigenvalue weighted by Crippen LogP contribution is -2.14. The SMILES string of the molecule is CCn1c(SCC(=O)Nc2ccccc2)nnc1-c1nccc2c1CCC2. The number of fused-ring (bicyclic) bond motifs is 1. The normalized spacial score (nSPS) is 12.8. The molecule has 0 saturated carbocycles. The van der Waals surface area contributed by atoms with Crippen molar-refractivity contribution in [1.29, 1.82) is 0 Å². The number of nitrogens with zero attached hydrogens (tertiary/aromatic N) is 4. The summed E-state index contributed by atoms with van der Waals surface area (Å²) < 4.78 is 2.04. The number of pyridine rings is 1. The van der Waals surface area contributed by atoms with Gasteiger partial charge in [-0.3, -0.25) is 9.78 Å². The molecule has 0 spiro atoms. The summed E-state index contributed by atoms with van der Waals surface area (Å²) in [5, 5.41) is 12.4. The molecule has 6 nitrogen and oxygen atoms in total. The topological polar surface area (TPSA) is 72.7 Å². The first kappa shape index (κ1) is 17.7. The smallest absolute Gasteiger partial charge is 0.234 e. The molecule has 4 rings (SSSR count). The maximum absolute atomic E-state index is 12.2. The van der Waals surface area contributed by atoms with Gasteiger partial charge in [-0.1, -0.05) is 30.0 Å². The van der Waals surface area contributed by atoms with Crippen molar-refractivity contribution in [2.75, 3.05) is 11.1 Å². The Morgan fingerprint density at radius 1 is 1.19 bits per heavy atom. The van der Waals surface area contributed by atoms with Crippen LogP contribution in [-0.4, -0.2) is 31.4 Å². The Labute approximate surface area is 162 Å². The van der Waals surface area contributed by atoms with E-state index in [1.54, 1.807) is 0 Å². The van der Waals surface area contributed by atoms with E-state index in [1.807, 2.05) is 41.1 Å². The zero-order valence-electron chi connectivity index (χ0n) is 15.2. The van der Waals surface area contributed by atoms with Crippen molar-refractivity contribution in [3.05, 3.63) is 53.7 Å². The van der Waals surface area contributed by atoms with Gasteiger partial charge in [0.15, 0.2) is 11.0 Å². The van der Waals surface area contributed by atoms with Crippen LogP contribution in [0.4, 0.5) is 5.69 Å². The number of carbonyl (C=O) groups excluding carboxylic acids is 1. The van der Waals surface area contributed by atoms with Crippen molar-refractivity contribution in [1.82, 2.24) is 19.7 Å². The van der Waals surface area contributed by atoms with Crippen LogP contribution in [-0.2, 0) is 24.2 Å². The van der Waals surface area contributed by atoms with Crippen molar-refractivity contribution < 1.29 is 4.79 Å².